The average Bonchev–Trinajstić information content (AvgIpc) is 3.04. The first-order chi connectivity index (χ1) is 10.2. The number of hydrogen-bond donors (Lipinski definition) is 0. The topological polar surface area (TPSA) is 35.6 Å². The SMILES string of the molecule is CCc1ccccc1-n1c(CCl)nc2c(CC)nn(C)c21. The number of para-hydroxylation sites is 1. The number of nitrogens with zero attached hydrogens (tertiary/aromatic N) is 4. The second-order valence-corrected chi connectivity index (χ2v) is 5.34. The quantitative estimate of drug-likeness (QED) is 0.690. The van der Waals surface area contributed by atoms with Crippen molar-refractivity contribution in [3.05, 3.63) is 41.3 Å². The lowest BCUT2D eigenvalue weighted by atomic mass is 10.1. The Morgan fingerprint density at radius 3 is 2.57 bits per heavy atom. The molecule has 0 amide bonds. The van der Waals surface area contributed by atoms with Crippen LogP contribution in [0.1, 0.15) is 30.9 Å². The first-order valence-electron chi connectivity index (χ1n) is 7.28. The van der Waals surface area contributed by atoms with Crippen LogP contribution in [0.4, 0.5) is 0 Å². The summed E-state index contributed by atoms with van der Waals surface area (Å²) in [4.78, 5) is 4.72. The van der Waals surface area contributed by atoms with Crippen LogP contribution in [-0.2, 0) is 25.8 Å². The molecule has 5 heteroatoms. The molecule has 0 N–H and O–H groups in total. The van der Waals surface area contributed by atoms with E-state index in [4.69, 9.17) is 16.6 Å². The van der Waals surface area contributed by atoms with Gasteiger partial charge in [-0.2, -0.15) is 5.10 Å². The monoisotopic (exact) mass is 302 g/mol. The van der Waals surface area contributed by atoms with E-state index in [0.717, 1.165) is 41.2 Å². The molecule has 4 nitrogen and oxygen atoms in total. The number of benzene rings is 1. The molecule has 21 heavy (non-hydrogen) atoms. The third-order valence-electron chi connectivity index (χ3n) is 3.84. The second-order valence-electron chi connectivity index (χ2n) is 5.08. The minimum atomic E-state index is 0.385. The summed E-state index contributed by atoms with van der Waals surface area (Å²) in [6.07, 6.45) is 1.83. The van der Waals surface area contributed by atoms with Crippen LogP contribution in [-0.4, -0.2) is 19.3 Å². The van der Waals surface area contributed by atoms with Crippen LogP contribution in [0.15, 0.2) is 24.3 Å². The normalized spacial score (nSPS) is 11.4. The number of hydrogen-bond acceptors (Lipinski definition) is 2. The third kappa shape index (κ3) is 2.14. The maximum Gasteiger partial charge on any atom is 0.163 e. The number of aromatic nitrogens is 4. The fraction of sp³-hybridized carbons (Fsp3) is 0.375. The largest absolute Gasteiger partial charge is 0.280 e. The van der Waals surface area contributed by atoms with Gasteiger partial charge in [0, 0.05) is 7.05 Å². The highest BCUT2D eigenvalue weighted by Gasteiger charge is 2.20. The van der Waals surface area contributed by atoms with Crippen molar-refractivity contribution in [1.29, 1.82) is 0 Å². The standard InChI is InChI=1S/C16H19ClN4/c1-4-11-8-6-7-9-13(11)21-14(10-17)18-15-12(5-2)19-20(3)16(15)21/h6-9H,4-5,10H2,1-3H3. The molecule has 3 aromatic rings. The van der Waals surface area contributed by atoms with E-state index in [1.54, 1.807) is 0 Å². The van der Waals surface area contributed by atoms with Gasteiger partial charge in [-0.1, -0.05) is 32.0 Å². The summed E-state index contributed by atoms with van der Waals surface area (Å²) in [5, 5.41) is 4.58. The second kappa shape index (κ2) is 5.53. The van der Waals surface area contributed by atoms with Crippen LogP contribution in [0.5, 0.6) is 0 Å². The smallest absolute Gasteiger partial charge is 0.163 e. The summed E-state index contributed by atoms with van der Waals surface area (Å²) in [5.41, 5.74) is 5.42. The van der Waals surface area contributed by atoms with Gasteiger partial charge < -0.3 is 0 Å². The molecule has 0 saturated heterocycles. The van der Waals surface area contributed by atoms with Crippen LogP contribution in [0, 0.1) is 0 Å². The maximum atomic E-state index is 6.14. The summed E-state index contributed by atoms with van der Waals surface area (Å²) in [5.74, 6) is 1.26. The number of alkyl halides is 1. The van der Waals surface area contributed by atoms with Crippen LogP contribution < -0.4 is 0 Å². The number of aryl methyl sites for hydroxylation is 3. The molecule has 1 aromatic carbocycles. The molecule has 0 bridgehead atoms. The highest BCUT2D eigenvalue weighted by molar-refractivity contribution is 6.17. The molecule has 0 spiro atoms. The van der Waals surface area contributed by atoms with Crippen molar-refractivity contribution in [3.8, 4) is 5.69 Å². The molecule has 0 saturated carbocycles. The summed E-state index contributed by atoms with van der Waals surface area (Å²) < 4.78 is 4.05. The van der Waals surface area contributed by atoms with E-state index >= 15 is 0 Å². The van der Waals surface area contributed by atoms with Gasteiger partial charge >= 0.3 is 0 Å². The molecule has 2 heterocycles. The average molecular weight is 303 g/mol. The lowest BCUT2D eigenvalue weighted by molar-refractivity contribution is 0.743. The Morgan fingerprint density at radius 2 is 1.90 bits per heavy atom. The number of fused-ring (bicyclic) bond motifs is 1. The highest BCUT2D eigenvalue weighted by Crippen LogP contribution is 2.27. The number of halogens is 1. The van der Waals surface area contributed by atoms with E-state index in [1.807, 2.05) is 11.7 Å². The molecule has 0 unspecified atom stereocenters. The van der Waals surface area contributed by atoms with Gasteiger partial charge in [0.1, 0.15) is 11.3 Å². The minimum absolute atomic E-state index is 0.385. The molecule has 2 aromatic heterocycles. The van der Waals surface area contributed by atoms with Gasteiger partial charge in [0.15, 0.2) is 5.65 Å². The number of imidazole rings is 1. The van der Waals surface area contributed by atoms with E-state index < -0.39 is 0 Å². The van der Waals surface area contributed by atoms with E-state index in [0.29, 0.717) is 5.88 Å². The maximum absolute atomic E-state index is 6.14. The lowest BCUT2D eigenvalue weighted by Gasteiger charge is -2.12. The lowest BCUT2D eigenvalue weighted by Crippen LogP contribution is -2.06. The predicted octanol–water partition coefficient (Wildman–Crippen LogP) is 3.62. The fourth-order valence-corrected chi connectivity index (χ4v) is 3.01. The van der Waals surface area contributed by atoms with Crippen LogP contribution in [0.2, 0.25) is 0 Å². The molecule has 0 aliphatic carbocycles. The molecule has 0 aliphatic heterocycles. The first-order valence-corrected chi connectivity index (χ1v) is 7.82. The van der Waals surface area contributed by atoms with Gasteiger partial charge in [-0.15, -0.1) is 11.6 Å². The summed E-state index contributed by atoms with van der Waals surface area (Å²) in [7, 11) is 1.96. The van der Waals surface area contributed by atoms with E-state index in [-0.39, 0.29) is 0 Å². The molecule has 0 atom stereocenters. The van der Waals surface area contributed by atoms with Gasteiger partial charge in [-0.3, -0.25) is 4.57 Å². The van der Waals surface area contributed by atoms with Crippen molar-refractivity contribution in [2.24, 2.45) is 7.05 Å². The highest BCUT2D eigenvalue weighted by atomic mass is 35.5. The Balaban J connectivity index is 2.38. The molecule has 0 fully saturated rings. The Kier molecular flexibility index (Phi) is 3.72. The summed E-state index contributed by atoms with van der Waals surface area (Å²) >= 11 is 6.14. The molecular weight excluding hydrogens is 284 g/mol. The summed E-state index contributed by atoms with van der Waals surface area (Å²) in [6.45, 7) is 4.26. The molecule has 0 aliphatic rings. The van der Waals surface area contributed by atoms with Crippen LogP contribution in [0.3, 0.4) is 0 Å². The Morgan fingerprint density at radius 1 is 1.14 bits per heavy atom. The zero-order chi connectivity index (χ0) is 15.0. The zero-order valence-corrected chi connectivity index (χ0v) is 13.4. The Bertz CT molecular complexity index is 785. The van der Waals surface area contributed by atoms with E-state index in [1.165, 1.54) is 5.56 Å². The predicted molar refractivity (Wildman–Crippen MR) is 86.1 cm³/mol. The van der Waals surface area contributed by atoms with Crippen molar-refractivity contribution < 1.29 is 0 Å². The van der Waals surface area contributed by atoms with Gasteiger partial charge in [0.2, 0.25) is 0 Å². The Labute approximate surface area is 129 Å². The van der Waals surface area contributed by atoms with Gasteiger partial charge in [-0.25, -0.2) is 9.67 Å². The molecule has 3 rings (SSSR count). The van der Waals surface area contributed by atoms with Crippen LogP contribution >= 0.6 is 11.6 Å². The van der Waals surface area contributed by atoms with Gasteiger partial charge in [0.25, 0.3) is 0 Å². The zero-order valence-electron chi connectivity index (χ0n) is 12.6. The van der Waals surface area contributed by atoms with Crippen LogP contribution in [0.25, 0.3) is 16.9 Å². The van der Waals surface area contributed by atoms with E-state index in [2.05, 4.69) is 47.8 Å². The number of rotatable bonds is 4. The first kappa shape index (κ1) is 14.1. The fourth-order valence-electron chi connectivity index (χ4n) is 2.83. The summed E-state index contributed by atoms with van der Waals surface area (Å²) in [6, 6.07) is 8.39. The van der Waals surface area contributed by atoms with Crippen molar-refractivity contribution >= 4 is 22.8 Å². The van der Waals surface area contributed by atoms with Gasteiger partial charge in [0.05, 0.1) is 17.3 Å². The molecular formula is C16H19ClN4. The third-order valence-corrected chi connectivity index (χ3v) is 4.08. The minimum Gasteiger partial charge on any atom is -0.280 e. The molecule has 0 radical (unpaired) electrons. The van der Waals surface area contributed by atoms with Crippen molar-refractivity contribution in [2.45, 2.75) is 32.6 Å². The van der Waals surface area contributed by atoms with Crippen molar-refractivity contribution in [1.82, 2.24) is 19.3 Å². The Hall–Kier alpha value is -1.81. The van der Waals surface area contributed by atoms with Crippen molar-refractivity contribution in [3.63, 3.8) is 0 Å². The van der Waals surface area contributed by atoms with Crippen molar-refractivity contribution in [2.75, 3.05) is 0 Å². The van der Waals surface area contributed by atoms with Gasteiger partial charge in [-0.05, 0) is 24.5 Å². The molecule has 110 valence electrons. The van der Waals surface area contributed by atoms with E-state index in [9.17, 15) is 0 Å².